The molecule has 0 atom stereocenters. The van der Waals surface area contributed by atoms with Gasteiger partial charge in [0.1, 0.15) is 11.4 Å². The summed E-state index contributed by atoms with van der Waals surface area (Å²) in [5, 5.41) is 0. The second-order valence-corrected chi connectivity index (χ2v) is 6.54. The van der Waals surface area contributed by atoms with E-state index in [-0.39, 0.29) is 0 Å². The summed E-state index contributed by atoms with van der Waals surface area (Å²) in [6.45, 7) is 5.43. The quantitative estimate of drug-likeness (QED) is 0.462. The van der Waals surface area contributed by atoms with Crippen LogP contribution in [0.3, 0.4) is 0 Å². The molecule has 0 saturated carbocycles. The molecule has 0 radical (unpaired) electrons. The minimum absolute atomic E-state index is 0.377. The first-order chi connectivity index (χ1) is 11.8. The fourth-order valence-electron chi connectivity index (χ4n) is 2.05. The van der Waals surface area contributed by atoms with Crippen molar-refractivity contribution in [2.45, 2.75) is 32.8 Å². The number of allylic oxidation sites excluding steroid dienone is 1. The molecule has 0 aliphatic heterocycles. The van der Waals surface area contributed by atoms with Crippen molar-refractivity contribution in [2.24, 2.45) is 0 Å². The molecule has 2 aromatic carbocycles. The Hall–Kier alpha value is -2.88. The maximum atomic E-state index is 11.9. The van der Waals surface area contributed by atoms with Crippen molar-refractivity contribution in [3.63, 3.8) is 0 Å². The molecule has 0 N–H and O–H groups in total. The number of hydrogen-bond acceptors (Lipinski definition) is 4. The number of benzene rings is 2. The molecule has 0 heterocycles. The SMILES string of the molecule is CC(C)(C)OC(=O)c1ccc(OC(=O)/C=C/Cc2ccccc2)cc1. The Kier molecular flexibility index (Phi) is 6.12. The van der Waals surface area contributed by atoms with Crippen LogP contribution >= 0.6 is 0 Å². The second kappa shape index (κ2) is 8.29. The number of hydrogen-bond donors (Lipinski definition) is 0. The molecule has 25 heavy (non-hydrogen) atoms. The number of rotatable bonds is 5. The van der Waals surface area contributed by atoms with Gasteiger partial charge in [0, 0.05) is 6.08 Å². The predicted molar refractivity (Wildman–Crippen MR) is 96.5 cm³/mol. The lowest BCUT2D eigenvalue weighted by Gasteiger charge is -2.19. The third-order valence-corrected chi connectivity index (χ3v) is 3.16. The molecule has 4 nitrogen and oxygen atoms in total. The van der Waals surface area contributed by atoms with E-state index in [1.165, 1.54) is 6.08 Å². The summed E-state index contributed by atoms with van der Waals surface area (Å²) in [4.78, 5) is 23.7. The van der Waals surface area contributed by atoms with Crippen LogP contribution in [0.15, 0.2) is 66.7 Å². The van der Waals surface area contributed by atoms with Gasteiger partial charge in [-0.05, 0) is 57.0 Å². The number of carbonyl (C=O) groups is 2. The molecule has 0 unspecified atom stereocenters. The normalized spacial score (nSPS) is 11.3. The minimum atomic E-state index is -0.550. The van der Waals surface area contributed by atoms with E-state index in [9.17, 15) is 9.59 Å². The standard InChI is InChI=1S/C21H22O4/c1-21(2,3)25-20(23)17-12-14-18(15-13-17)24-19(22)11-7-10-16-8-5-4-6-9-16/h4-9,11-15H,10H2,1-3H3/b11-7+. The van der Waals surface area contributed by atoms with Gasteiger partial charge in [0.05, 0.1) is 5.56 Å². The molecular weight excluding hydrogens is 316 g/mol. The minimum Gasteiger partial charge on any atom is -0.456 e. The van der Waals surface area contributed by atoms with Crippen LogP contribution in [-0.2, 0) is 16.0 Å². The highest BCUT2D eigenvalue weighted by atomic mass is 16.6. The summed E-state index contributed by atoms with van der Waals surface area (Å²) in [5.41, 5.74) is 0.980. The maximum absolute atomic E-state index is 11.9. The highest BCUT2D eigenvalue weighted by molar-refractivity contribution is 5.90. The van der Waals surface area contributed by atoms with Crippen LogP contribution in [0.1, 0.15) is 36.7 Å². The molecule has 0 aliphatic rings. The van der Waals surface area contributed by atoms with Gasteiger partial charge in [-0.25, -0.2) is 9.59 Å². The van der Waals surface area contributed by atoms with Crippen LogP contribution in [-0.4, -0.2) is 17.5 Å². The van der Waals surface area contributed by atoms with Crippen molar-refractivity contribution in [2.75, 3.05) is 0 Å². The summed E-state index contributed by atoms with van der Waals surface area (Å²) in [6, 6.07) is 16.1. The van der Waals surface area contributed by atoms with Crippen molar-refractivity contribution in [3.05, 3.63) is 77.9 Å². The van der Waals surface area contributed by atoms with Gasteiger partial charge < -0.3 is 9.47 Å². The van der Waals surface area contributed by atoms with E-state index in [4.69, 9.17) is 9.47 Å². The molecule has 0 fully saturated rings. The predicted octanol–water partition coefficient (Wildman–Crippen LogP) is 4.35. The van der Waals surface area contributed by atoms with Crippen LogP contribution in [0.25, 0.3) is 0 Å². The Labute approximate surface area is 148 Å². The zero-order valence-corrected chi connectivity index (χ0v) is 14.7. The zero-order valence-electron chi connectivity index (χ0n) is 14.7. The third-order valence-electron chi connectivity index (χ3n) is 3.16. The molecule has 2 aromatic rings. The van der Waals surface area contributed by atoms with Crippen LogP contribution < -0.4 is 4.74 Å². The molecule has 0 spiro atoms. The summed E-state index contributed by atoms with van der Waals surface area (Å²) < 4.78 is 10.5. The first kappa shape index (κ1) is 18.5. The molecule has 0 bridgehead atoms. The zero-order chi connectivity index (χ0) is 18.3. The largest absolute Gasteiger partial charge is 0.456 e. The van der Waals surface area contributed by atoms with Gasteiger partial charge in [-0.3, -0.25) is 0 Å². The average Bonchev–Trinajstić information content (AvgIpc) is 2.55. The average molecular weight is 338 g/mol. The highest BCUT2D eigenvalue weighted by Gasteiger charge is 2.17. The number of esters is 2. The molecule has 130 valence electrons. The lowest BCUT2D eigenvalue weighted by atomic mass is 10.1. The van der Waals surface area contributed by atoms with E-state index in [0.29, 0.717) is 17.7 Å². The van der Waals surface area contributed by atoms with E-state index in [1.807, 2.05) is 51.1 Å². The van der Waals surface area contributed by atoms with Gasteiger partial charge in [-0.2, -0.15) is 0 Å². The number of carbonyl (C=O) groups excluding carboxylic acids is 2. The fourth-order valence-corrected chi connectivity index (χ4v) is 2.05. The third kappa shape index (κ3) is 6.63. The molecule has 4 heteroatoms. The lowest BCUT2D eigenvalue weighted by molar-refractivity contribution is -0.129. The Morgan fingerprint density at radius 3 is 2.20 bits per heavy atom. The molecular formula is C21H22O4. The van der Waals surface area contributed by atoms with Crippen molar-refractivity contribution in [3.8, 4) is 5.75 Å². The molecule has 2 rings (SSSR count). The van der Waals surface area contributed by atoms with E-state index >= 15 is 0 Å². The van der Waals surface area contributed by atoms with Crippen molar-refractivity contribution < 1.29 is 19.1 Å². The Morgan fingerprint density at radius 1 is 0.960 bits per heavy atom. The summed E-state index contributed by atoms with van der Waals surface area (Å²) in [5.74, 6) is -0.490. The van der Waals surface area contributed by atoms with Crippen molar-refractivity contribution >= 4 is 11.9 Å². The first-order valence-electron chi connectivity index (χ1n) is 8.09. The van der Waals surface area contributed by atoms with Gasteiger partial charge in [-0.1, -0.05) is 36.4 Å². The molecule has 0 saturated heterocycles. The second-order valence-electron chi connectivity index (χ2n) is 6.54. The van der Waals surface area contributed by atoms with Crippen LogP contribution in [0, 0.1) is 0 Å². The van der Waals surface area contributed by atoms with Crippen LogP contribution in [0.4, 0.5) is 0 Å². The van der Waals surface area contributed by atoms with E-state index in [1.54, 1.807) is 30.3 Å². The summed E-state index contributed by atoms with van der Waals surface area (Å²) in [6.07, 6.45) is 3.81. The maximum Gasteiger partial charge on any atom is 0.338 e. The molecule has 0 aromatic heterocycles. The van der Waals surface area contributed by atoms with Crippen molar-refractivity contribution in [1.82, 2.24) is 0 Å². The molecule has 0 amide bonds. The van der Waals surface area contributed by atoms with Gasteiger partial charge in [-0.15, -0.1) is 0 Å². The van der Waals surface area contributed by atoms with Crippen LogP contribution in [0.2, 0.25) is 0 Å². The Bertz CT molecular complexity index is 738. The molecule has 0 aliphatic carbocycles. The topological polar surface area (TPSA) is 52.6 Å². The van der Waals surface area contributed by atoms with Gasteiger partial charge in [0.25, 0.3) is 0 Å². The fraction of sp³-hybridized carbons (Fsp3) is 0.238. The van der Waals surface area contributed by atoms with Crippen LogP contribution in [0.5, 0.6) is 5.75 Å². The highest BCUT2D eigenvalue weighted by Crippen LogP contribution is 2.16. The monoisotopic (exact) mass is 338 g/mol. The Balaban J connectivity index is 1.88. The van der Waals surface area contributed by atoms with E-state index in [0.717, 1.165) is 5.56 Å². The van der Waals surface area contributed by atoms with E-state index in [2.05, 4.69) is 0 Å². The smallest absolute Gasteiger partial charge is 0.338 e. The lowest BCUT2D eigenvalue weighted by Crippen LogP contribution is -2.23. The van der Waals surface area contributed by atoms with Gasteiger partial charge in [0.2, 0.25) is 0 Å². The summed E-state index contributed by atoms with van der Waals surface area (Å²) >= 11 is 0. The summed E-state index contributed by atoms with van der Waals surface area (Å²) in [7, 11) is 0. The number of ether oxygens (including phenoxy) is 2. The van der Waals surface area contributed by atoms with E-state index < -0.39 is 17.5 Å². The van der Waals surface area contributed by atoms with Gasteiger partial charge >= 0.3 is 11.9 Å². The van der Waals surface area contributed by atoms with Crippen molar-refractivity contribution in [1.29, 1.82) is 0 Å². The van der Waals surface area contributed by atoms with Gasteiger partial charge in [0.15, 0.2) is 0 Å². The first-order valence-corrected chi connectivity index (χ1v) is 8.09. The Morgan fingerprint density at radius 2 is 1.60 bits per heavy atom.